The van der Waals surface area contributed by atoms with E-state index in [1.165, 1.54) is 18.4 Å². The first kappa shape index (κ1) is 19.3. The van der Waals surface area contributed by atoms with Gasteiger partial charge in [0.2, 0.25) is 0 Å². The number of ether oxygens (including phenoxy) is 1. The Kier molecular flexibility index (Phi) is 6.36. The molecule has 0 radical (unpaired) electrons. The average Bonchev–Trinajstić information content (AvgIpc) is 3.38. The summed E-state index contributed by atoms with van der Waals surface area (Å²) in [5.41, 5.74) is 2.41. The Balaban J connectivity index is 1.82. The van der Waals surface area contributed by atoms with Crippen LogP contribution in [0, 0.1) is 5.92 Å². The molecule has 2 heterocycles. The molecule has 0 aliphatic heterocycles. The Hall–Kier alpha value is -2.51. The van der Waals surface area contributed by atoms with Gasteiger partial charge in [-0.2, -0.15) is 11.3 Å². The van der Waals surface area contributed by atoms with Gasteiger partial charge in [-0.15, -0.1) is 11.3 Å². The smallest absolute Gasteiger partial charge is 0.310 e. The zero-order chi connectivity index (χ0) is 19.2. The zero-order valence-corrected chi connectivity index (χ0v) is 16.8. The minimum atomic E-state index is -0.419. The molecule has 2 aromatic heterocycles. The van der Waals surface area contributed by atoms with Crippen LogP contribution in [0.3, 0.4) is 0 Å². The van der Waals surface area contributed by atoms with Crippen molar-refractivity contribution >= 4 is 34.6 Å². The number of methoxy groups -OCH3 is 1. The summed E-state index contributed by atoms with van der Waals surface area (Å²) in [5, 5.41) is 6.59. The lowest BCUT2D eigenvalue weighted by molar-refractivity contribution is -0.145. The van der Waals surface area contributed by atoms with E-state index >= 15 is 0 Å². The molecule has 1 amide bonds. The maximum absolute atomic E-state index is 13.1. The van der Waals surface area contributed by atoms with Crippen LogP contribution >= 0.6 is 22.7 Å². The lowest BCUT2D eigenvalue weighted by Crippen LogP contribution is -2.37. The van der Waals surface area contributed by atoms with Crippen LogP contribution in [0.5, 0.6) is 0 Å². The summed E-state index contributed by atoms with van der Waals surface area (Å²) in [4.78, 5) is 31.1. The number of carbonyl (C=O) groups excluding carboxylic acids is 2. The van der Waals surface area contributed by atoms with Crippen LogP contribution in [-0.4, -0.2) is 35.4 Å². The molecule has 27 heavy (non-hydrogen) atoms. The Bertz CT molecular complexity index is 891. The summed E-state index contributed by atoms with van der Waals surface area (Å²) in [6.45, 7) is 2.44. The quantitative estimate of drug-likeness (QED) is 0.554. The number of hydrogen-bond acceptors (Lipinski definition) is 6. The van der Waals surface area contributed by atoms with Gasteiger partial charge >= 0.3 is 5.97 Å². The largest absolute Gasteiger partial charge is 0.469 e. The highest BCUT2D eigenvalue weighted by Gasteiger charge is 2.24. The number of nitrogens with zero attached hydrogens (tertiary/aromatic N) is 2. The van der Waals surface area contributed by atoms with Crippen LogP contribution in [0.15, 0.2) is 52.5 Å². The fraction of sp³-hybridized carbons (Fsp3) is 0.250. The second kappa shape index (κ2) is 8.92. The zero-order valence-electron chi connectivity index (χ0n) is 15.1. The van der Waals surface area contributed by atoms with Crippen LogP contribution in [-0.2, 0) is 16.1 Å². The minimum absolute atomic E-state index is 0.188. The van der Waals surface area contributed by atoms with E-state index in [0.717, 1.165) is 16.1 Å². The molecular weight excluding hydrogens is 380 g/mol. The second-order valence-electron chi connectivity index (χ2n) is 6.15. The van der Waals surface area contributed by atoms with Gasteiger partial charge in [0, 0.05) is 29.4 Å². The molecule has 0 aliphatic rings. The number of esters is 1. The Morgan fingerprint density at radius 1 is 1.19 bits per heavy atom. The molecule has 7 heteroatoms. The third-order valence-electron chi connectivity index (χ3n) is 4.09. The van der Waals surface area contributed by atoms with Gasteiger partial charge in [-0.1, -0.05) is 37.3 Å². The standard InChI is InChI=1S/C20H20N2O3S2/c1-14(20(24)25-2)10-22(11-15-6-4-3-5-7-15)19(23)17-13-27-18(21-17)16-8-9-26-12-16/h3-9,12-14H,10-11H2,1-2H3. The van der Waals surface area contributed by atoms with E-state index in [0.29, 0.717) is 12.2 Å². The number of aromatic nitrogens is 1. The predicted molar refractivity (Wildman–Crippen MR) is 108 cm³/mol. The summed E-state index contributed by atoms with van der Waals surface area (Å²) >= 11 is 3.04. The fourth-order valence-corrected chi connectivity index (χ4v) is 4.19. The first-order valence-electron chi connectivity index (χ1n) is 8.47. The Labute approximate surface area is 166 Å². The van der Waals surface area contributed by atoms with Gasteiger partial charge in [-0.05, 0) is 17.0 Å². The summed E-state index contributed by atoms with van der Waals surface area (Å²) in [6, 6.07) is 11.7. The molecule has 0 saturated heterocycles. The number of thiazole rings is 1. The maximum atomic E-state index is 13.1. The van der Waals surface area contributed by atoms with Crippen molar-refractivity contribution in [3.05, 3.63) is 63.8 Å². The van der Waals surface area contributed by atoms with Crippen molar-refractivity contribution < 1.29 is 14.3 Å². The monoisotopic (exact) mass is 400 g/mol. The average molecular weight is 401 g/mol. The van der Waals surface area contributed by atoms with Gasteiger partial charge in [-0.25, -0.2) is 4.98 Å². The van der Waals surface area contributed by atoms with E-state index in [4.69, 9.17) is 4.74 Å². The highest BCUT2D eigenvalue weighted by Crippen LogP contribution is 2.26. The summed E-state index contributed by atoms with van der Waals surface area (Å²) in [5.74, 6) is -0.942. The molecule has 3 rings (SSSR count). The lowest BCUT2D eigenvalue weighted by Gasteiger charge is -2.24. The van der Waals surface area contributed by atoms with E-state index in [2.05, 4.69) is 4.98 Å². The molecule has 0 N–H and O–H groups in total. The molecule has 1 atom stereocenters. The van der Waals surface area contributed by atoms with E-state index in [9.17, 15) is 9.59 Å². The van der Waals surface area contributed by atoms with Crippen LogP contribution in [0.1, 0.15) is 23.0 Å². The SMILES string of the molecule is COC(=O)C(C)CN(Cc1ccccc1)C(=O)c1csc(-c2ccsc2)n1. The molecule has 3 aromatic rings. The minimum Gasteiger partial charge on any atom is -0.469 e. The van der Waals surface area contributed by atoms with Crippen molar-refractivity contribution in [2.45, 2.75) is 13.5 Å². The maximum Gasteiger partial charge on any atom is 0.310 e. The molecule has 1 aromatic carbocycles. The first-order valence-corrected chi connectivity index (χ1v) is 10.3. The van der Waals surface area contributed by atoms with Crippen LogP contribution < -0.4 is 0 Å². The summed E-state index contributed by atoms with van der Waals surface area (Å²) < 4.78 is 4.81. The number of carbonyl (C=O) groups is 2. The normalized spacial score (nSPS) is 11.8. The number of rotatable bonds is 7. The Morgan fingerprint density at radius 2 is 1.96 bits per heavy atom. The Morgan fingerprint density at radius 3 is 2.63 bits per heavy atom. The third-order valence-corrected chi connectivity index (χ3v) is 5.67. The van der Waals surface area contributed by atoms with Gasteiger partial charge in [0.15, 0.2) is 0 Å². The number of hydrogen-bond donors (Lipinski definition) is 0. The molecular formula is C20H20N2O3S2. The van der Waals surface area contributed by atoms with Gasteiger partial charge in [-0.3, -0.25) is 9.59 Å². The second-order valence-corrected chi connectivity index (χ2v) is 7.78. The first-order chi connectivity index (χ1) is 13.1. The molecule has 0 saturated carbocycles. The third kappa shape index (κ3) is 4.81. The number of benzene rings is 1. The molecule has 0 spiro atoms. The predicted octanol–water partition coefficient (Wildman–Crippen LogP) is 4.32. The molecule has 0 fully saturated rings. The topological polar surface area (TPSA) is 59.5 Å². The highest BCUT2D eigenvalue weighted by atomic mass is 32.1. The molecule has 1 unspecified atom stereocenters. The highest BCUT2D eigenvalue weighted by molar-refractivity contribution is 7.14. The molecule has 0 bridgehead atoms. The lowest BCUT2D eigenvalue weighted by atomic mass is 10.1. The van der Waals surface area contributed by atoms with Gasteiger partial charge in [0.1, 0.15) is 10.7 Å². The van der Waals surface area contributed by atoms with Crippen molar-refractivity contribution in [1.82, 2.24) is 9.88 Å². The summed E-state index contributed by atoms with van der Waals surface area (Å²) in [7, 11) is 1.36. The van der Waals surface area contributed by atoms with Crippen molar-refractivity contribution in [1.29, 1.82) is 0 Å². The van der Waals surface area contributed by atoms with Crippen molar-refractivity contribution in [3.8, 4) is 10.6 Å². The van der Waals surface area contributed by atoms with Gasteiger partial charge in [0.25, 0.3) is 5.91 Å². The van der Waals surface area contributed by atoms with E-state index in [1.807, 2.05) is 47.2 Å². The van der Waals surface area contributed by atoms with Crippen molar-refractivity contribution in [2.24, 2.45) is 5.92 Å². The van der Waals surface area contributed by atoms with E-state index < -0.39 is 5.92 Å². The van der Waals surface area contributed by atoms with Gasteiger partial charge in [0.05, 0.1) is 13.0 Å². The molecule has 140 valence electrons. The van der Waals surface area contributed by atoms with Crippen LogP contribution in [0.2, 0.25) is 0 Å². The molecule has 5 nitrogen and oxygen atoms in total. The van der Waals surface area contributed by atoms with Crippen molar-refractivity contribution in [3.63, 3.8) is 0 Å². The van der Waals surface area contributed by atoms with E-state index in [-0.39, 0.29) is 18.4 Å². The van der Waals surface area contributed by atoms with Crippen molar-refractivity contribution in [2.75, 3.05) is 13.7 Å². The summed E-state index contributed by atoms with van der Waals surface area (Å²) in [6.07, 6.45) is 0. The van der Waals surface area contributed by atoms with Crippen LogP contribution in [0.4, 0.5) is 0 Å². The number of thiophene rings is 1. The molecule has 0 aliphatic carbocycles. The fourth-order valence-electron chi connectivity index (χ4n) is 2.68. The van der Waals surface area contributed by atoms with Crippen LogP contribution in [0.25, 0.3) is 10.6 Å². The van der Waals surface area contributed by atoms with Gasteiger partial charge < -0.3 is 9.64 Å². The number of amides is 1. The van der Waals surface area contributed by atoms with E-state index in [1.54, 1.807) is 28.5 Å².